The Morgan fingerprint density at radius 2 is 1.94 bits per heavy atom. The lowest BCUT2D eigenvalue weighted by Gasteiger charge is -2.19. The molecule has 0 unspecified atom stereocenters. The molecule has 16 heavy (non-hydrogen) atoms. The van der Waals surface area contributed by atoms with Gasteiger partial charge in [0.25, 0.3) is 0 Å². The molecule has 0 N–H and O–H groups in total. The van der Waals surface area contributed by atoms with Gasteiger partial charge in [0.2, 0.25) is 0 Å². The molecule has 4 nitrogen and oxygen atoms in total. The molecule has 0 fully saturated rings. The number of benzene rings is 1. The quantitative estimate of drug-likeness (QED) is 0.743. The van der Waals surface area contributed by atoms with Gasteiger partial charge in [-0.1, -0.05) is 11.6 Å². The first-order valence-electron chi connectivity index (χ1n) is 4.79. The number of rotatable bonds is 2. The van der Waals surface area contributed by atoms with E-state index in [4.69, 9.17) is 21.1 Å². The fourth-order valence-electron chi connectivity index (χ4n) is 1.49. The molecule has 0 amide bonds. The van der Waals surface area contributed by atoms with Crippen molar-refractivity contribution in [2.75, 3.05) is 20.3 Å². The van der Waals surface area contributed by atoms with E-state index in [9.17, 15) is 0 Å². The molecule has 0 aromatic heterocycles. The smallest absolute Gasteiger partial charge is 0.163 e. The fraction of sp³-hybridized carbons (Fsp3) is 0.273. The maximum absolute atomic E-state index is 5.98. The van der Waals surface area contributed by atoms with Crippen molar-refractivity contribution in [1.82, 2.24) is 0 Å². The minimum atomic E-state index is 0.374. The first-order chi connectivity index (χ1) is 7.76. The predicted molar refractivity (Wildman–Crippen MR) is 65.0 cm³/mol. The summed E-state index contributed by atoms with van der Waals surface area (Å²) in [5.41, 5.74) is 1.34. The van der Waals surface area contributed by atoms with Crippen molar-refractivity contribution in [3.05, 3.63) is 17.7 Å². The number of halogens is 1. The zero-order valence-electron chi connectivity index (χ0n) is 8.86. The second kappa shape index (κ2) is 4.53. The average Bonchev–Trinajstić information content (AvgIpc) is 2.36. The third-order valence-electron chi connectivity index (χ3n) is 2.25. The predicted octanol–water partition coefficient (Wildman–Crippen LogP) is 2.41. The first-order valence-corrected chi connectivity index (χ1v) is 5.17. The maximum atomic E-state index is 5.98. The van der Waals surface area contributed by atoms with Crippen molar-refractivity contribution in [1.29, 1.82) is 0 Å². The van der Waals surface area contributed by atoms with Crippen LogP contribution in [0, 0.1) is 0 Å². The molecule has 0 atom stereocenters. The Kier molecular flexibility index (Phi) is 3.10. The van der Waals surface area contributed by atoms with Gasteiger partial charge in [0, 0.05) is 18.7 Å². The third-order valence-corrected chi connectivity index (χ3v) is 2.62. The third kappa shape index (κ3) is 1.88. The Labute approximate surface area is 98.6 Å². The van der Waals surface area contributed by atoms with Crippen LogP contribution in [0.2, 0.25) is 0 Å². The summed E-state index contributed by atoms with van der Waals surface area (Å²) in [6.07, 6.45) is 0. The summed E-state index contributed by atoms with van der Waals surface area (Å²) in [6, 6.07) is 3.53. The van der Waals surface area contributed by atoms with Crippen LogP contribution < -0.4 is 9.47 Å². The Morgan fingerprint density at radius 1 is 1.31 bits per heavy atom. The summed E-state index contributed by atoms with van der Waals surface area (Å²) in [4.78, 5) is 7.81. The van der Waals surface area contributed by atoms with Crippen LogP contribution in [0.4, 0.5) is 5.69 Å². The summed E-state index contributed by atoms with van der Waals surface area (Å²) < 4.78 is 10.9. The number of ether oxygens (including phenoxy) is 2. The molecular weight excluding hydrogens is 228 g/mol. The molecule has 5 heteroatoms. The van der Waals surface area contributed by atoms with Gasteiger partial charge in [-0.25, -0.2) is 0 Å². The van der Waals surface area contributed by atoms with Crippen LogP contribution in [0.1, 0.15) is 5.56 Å². The van der Waals surface area contributed by atoms with E-state index in [1.54, 1.807) is 19.2 Å². The summed E-state index contributed by atoms with van der Waals surface area (Å²) in [5.74, 6) is 1.33. The number of aliphatic imine (C=N–C) groups is 2. The Hall–Kier alpha value is -1.55. The second-order valence-corrected chi connectivity index (χ2v) is 3.54. The van der Waals surface area contributed by atoms with Crippen molar-refractivity contribution >= 4 is 29.2 Å². The van der Waals surface area contributed by atoms with E-state index in [2.05, 4.69) is 16.7 Å². The molecule has 1 heterocycles. The summed E-state index contributed by atoms with van der Waals surface area (Å²) >= 11 is 5.98. The average molecular weight is 239 g/mol. The number of fused-ring (bicyclic) bond motifs is 1. The highest BCUT2D eigenvalue weighted by molar-refractivity contribution is 6.70. The van der Waals surface area contributed by atoms with Gasteiger partial charge < -0.3 is 9.47 Å². The molecule has 0 bridgehead atoms. The minimum absolute atomic E-state index is 0.374. The lowest BCUT2D eigenvalue weighted by Crippen LogP contribution is -2.15. The van der Waals surface area contributed by atoms with Gasteiger partial charge in [-0.05, 0) is 12.8 Å². The van der Waals surface area contributed by atoms with Crippen LogP contribution in [-0.2, 0) is 0 Å². The molecule has 1 aromatic rings. The van der Waals surface area contributed by atoms with Crippen molar-refractivity contribution in [3.63, 3.8) is 0 Å². The largest absolute Gasteiger partial charge is 0.486 e. The highest BCUT2D eigenvalue weighted by atomic mass is 35.5. The van der Waals surface area contributed by atoms with Crippen LogP contribution in [-0.4, -0.2) is 32.1 Å². The summed E-state index contributed by atoms with van der Waals surface area (Å²) in [7, 11) is 1.62. The summed E-state index contributed by atoms with van der Waals surface area (Å²) in [5, 5.41) is 0.374. The zero-order valence-corrected chi connectivity index (χ0v) is 9.62. The molecule has 1 aliphatic rings. The molecule has 0 aliphatic carbocycles. The van der Waals surface area contributed by atoms with Crippen molar-refractivity contribution in [3.8, 4) is 11.5 Å². The van der Waals surface area contributed by atoms with Gasteiger partial charge in [-0.15, -0.1) is 0 Å². The molecule has 1 aliphatic heterocycles. The molecule has 2 rings (SSSR count). The molecule has 84 valence electrons. The second-order valence-electron chi connectivity index (χ2n) is 3.19. The van der Waals surface area contributed by atoms with E-state index in [-0.39, 0.29) is 0 Å². The fourth-order valence-corrected chi connectivity index (χ4v) is 1.65. The van der Waals surface area contributed by atoms with Gasteiger partial charge in [0.1, 0.15) is 18.4 Å². The number of nitrogens with zero attached hydrogens (tertiary/aromatic N) is 2. The highest BCUT2D eigenvalue weighted by Crippen LogP contribution is 2.37. The van der Waals surface area contributed by atoms with Crippen molar-refractivity contribution in [2.24, 2.45) is 9.98 Å². The number of hydrogen-bond donors (Lipinski definition) is 0. The molecule has 0 radical (unpaired) electrons. The molecule has 1 aromatic carbocycles. The highest BCUT2D eigenvalue weighted by Gasteiger charge is 2.17. The van der Waals surface area contributed by atoms with E-state index < -0.39 is 0 Å². The van der Waals surface area contributed by atoms with Crippen LogP contribution in [0.5, 0.6) is 11.5 Å². The van der Waals surface area contributed by atoms with E-state index in [1.165, 1.54) is 0 Å². The van der Waals surface area contributed by atoms with Gasteiger partial charge in [-0.3, -0.25) is 9.98 Å². The molecular formula is C11H11ClN2O2. The van der Waals surface area contributed by atoms with Crippen LogP contribution in [0.25, 0.3) is 0 Å². The Balaban J connectivity index is 2.56. The van der Waals surface area contributed by atoms with E-state index in [0.717, 1.165) is 0 Å². The van der Waals surface area contributed by atoms with Crippen molar-refractivity contribution < 1.29 is 9.47 Å². The van der Waals surface area contributed by atoms with Gasteiger partial charge in [0.05, 0.1) is 5.69 Å². The first kappa shape index (κ1) is 11.0. The minimum Gasteiger partial charge on any atom is -0.486 e. The monoisotopic (exact) mass is 238 g/mol. The molecule has 0 saturated carbocycles. The number of hydrogen-bond acceptors (Lipinski definition) is 4. The molecule has 0 saturated heterocycles. The van der Waals surface area contributed by atoms with E-state index in [0.29, 0.717) is 41.1 Å². The lowest BCUT2D eigenvalue weighted by atomic mass is 10.1. The van der Waals surface area contributed by atoms with Crippen LogP contribution in [0.3, 0.4) is 0 Å². The topological polar surface area (TPSA) is 43.2 Å². The van der Waals surface area contributed by atoms with Gasteiger partial charge >= 0.3 is 0 Å². The Morgan fingerprint density at radius 3 is 2.50 bits per heavy atom. The standard InChI is InChI=1S/C11H11ClN2O2/c1-13-8-6-10-9(15-3-4-16-10)5-7(8)11(12)14-2/h5-6H,1,3-4H2,2H3. The maximum Gasteiger partial charge on any atom is 0.163 e. The van der Waals surface area contributed by atoms with Crippen LogP contribution in [0.15, 0.2) is 22.1 Å². The van der Waals surface area contributed by atoms with E-state index in [1.807, 2.05) is 0 Å². The van der Waals surface area contributed by atoms with Crippen molar-refractivity contribution in [2.45, 2.75) is 0 Å². The van der Waals surface area contributed by atoms with Crippen LogP contribution >= 0.6 is 11.6 Å². The SMILES string of the molecule is C=Nc1cc2c(cc1C(Cl)=NC)OCCO2. The normalized spacial score (nSPS) is 14.8. The van der Waals surface area contributed by atoms with Gasteiger partial charge in [0.15, 0.2) is 11.5 Å². The summed E-state index contributed by atoms with van der Waals surface area (Å²) in [6.45, 7) is 4.57. The van der Waals surface area contributed by atoms with E-state index >= 15 is 0 Å². The molecule has 0 spiro atoms. The van der Waals surface area contributed by atoms with Gasteiger partial charge in [-0.2, -0.15) is 0 Å². The lowest BCUT2D eigenvalue weighted by molar-refractivity contribution is 0.171. The zero-order chi connectivity index (χ0) is 11.5. The Bertz CT molecular complexity index is 458.